The fraction of sp³-hybridized carbons (Fsp3) is 0.348. The predicted molar refractivity (Wildman–Crippen MR) is 116 cm³/mol. The Labute approximate surface area is 180 Å². The van der Waals surface area contributed by atoms with Gasteiger partial charge in [0.25, 0.3) is 0 Å². The van der Waals surface area contributed by atoms with Gasteiger partial charge in [-0.1, -0.05) is 6.07 Å². The molecule has 3 aromatic rings. The zero-order valence-corrected chi connectivity index (χ0v) is 17.6. The van der Waals surface area contributed by atoms with Gasteiger partial charge < -0.3 is 9.80 Å². The van der Waals surface area contributed by atoms with Crippen molar-refractivity contribution >= 4 is 23.2 Å². The van der Waals surface area contributed by atoms with Gasteiger partial charge in [0.1, 0.15) is 12.4 Å². The van der Waals surface area contributed by atoms with E-state index in [2.05, 4.69) is 15.1 Å². The second-order valence-corrected chi connectivity index (χ2v) is 8.26. The summed E-state index contributed by atoms with van der Waals surface area (Å²) in [7, 11) is 0. The minimum atomic E-state index is -0.0628. The number of hydrogen-bond acceptors (Lipinski definition) is 5. The Kier molecular flexibility index (Phi) is 4.77. The summed E-state index contributed by atoms with van der Waals surface area (Å²) in [5.74, 6) is 0.942. The molecular formula is C23H24N6O2. The van der Waals surface area contributed by atoms with Crippen molar-refractivity contribution in [1.29, 1.82) is 0 Å². The normalized spacial score (nSPS) is 18.1. The first-order chi connectivity index (χ1) is 15.0. The van der Waals surface area contributed by atoms with E-state index in [4.69, 9.17) is 0 Å². The molecular weight excluding hydrogens is 392 g/mol. The highest BCUT2D eigenvalue weighted by Crippen LogP contribution is 2.42. The van der Waals surface area contributed by atoms with Crippen molar-refractivity contribution in [2.24, 2.45) is 5.92 Å². The van der Waals surface area contributed by atoms with Gasteiger partial charge in [-0.25, -0.2) is 9.97 Å². The number of rotatable bonds is 4. The molecule has 158 valence electrons. The monoisotopic (exact) mass is 416 g/mol. The van der Waals surface area contributed by atoms with Crippen molar-refractivity contribution in [3.63, 3.8) is 0 Å². The SMILES string of the molecule is CC(=O)N1c2ccc(-c3cnn(Cc4ncccn4)c3)cc2N(C(=O)C2CC2)C[C@@H]1C. The zero-order chi connectivity index (χ0) is 21.5. The van der Waals surface area contributed by atoms with E-state index in [9.17, 15) is 9.59 Å². The van der Waals surface area contributed by atoms with E-state index < -0.39 is 0 Å². The van der Waals surface area contributed by atoms with Crippen LogP contribution in [-0.2, 0) is 16.1 Å². The van der Waals surface area contributed by atoms with E-state index in [0.29, 0.717) is 18.9 Å². The molecule has 8 heteroatoms. The lowest BCUT2D eigenvalue weighted by Gasteiger charge is -2.41. The van der Waals surface area contributed by atoms with Crippen LogP contribution in [0, 0.1) is 5.92 Å². The Morgan fingerprint density at radius 2 is 1.87 bits per heavy atom. The molecule has 0 bridgehead atoms. The van der Waals surface area contributed by atoms with E-state index >= 15 is 0 Å². The number of carbonyl (C=O) groups excluding carboxylic acids is 2. The number of amides is 2. The van der Waals surface area contributed by atoms with Crippen LogP contribution in [0.5, 0.6) is 0 Å². The van der Waals surface area contributed by atoms with E-state index in [-0.39, 0.29) is 23.8 Å². The van der Waals surface area contributed by atoms with Gasteiger partial charge in [-0.05, 0) is 43.5 Å². The quantitative estimate of drug-likeness (QED) is 0.653. The lowest BCUT2D eigenvalue weighted by molar-refractivity contribution is -0.120. The summed E-state index contributed by atoms with van der Waals surface area (Å²) < 4.78 is 1.79. The Morgan fingerprint density at radius 3 is 2.58 bits per heavy atom. The fourth-order valence-corrected chi connectivity index (χ4v) is 4.20. The topological polar surface area (TPSA) is 84.2 Å². The lowest BCUT2D eigenvalue weighted by Crippen LogP contribution is -2.51. The summed E-state index contributed by atoms with van der Waals surface area (Å²) in [5, 5.41) is 4.44. The average molecular weight is 416 g/mol. The second-order valence-electron chi connectivity index (χ2n) is 8.26. The first kappa shape index (κ1) is 19.4. The van der Waals surface area contributed by atoms with Crippen LogP contribution in [0.2, 0.25) is 0 Å². The maximum absolute atomic E-state index is 13.0. The minimum absolute atomic E-state index is 0.0179. The zero-order valence-electron chi connectivity index (χ0n) is 17.6. The van der Waals surface area contributed by atoms with Gasteiger partial charge in [-0.2, -0.15) is 5.10 Å². The molecule has 31 heavy (non-hydrogen) atoms. The van der Waals surface area contributed by atoms with Crippen LogP contribution in [0.4, 0.5) is 11.4 Å². The summed E-state index contributed by atoms with van der Waals surface area (Å²) in [4.78, 5) is 37.5. The van der Waals surface area contributed by atoms with Crippen molar-refractivity contribution in [1.82, 2.24) is 19.7 Å². The molecule has 0 radical (unpaired) electrons. The van der Waals surface area contributed by atoms with Crippen molar-refractivity contribution in [3.05, 3.63) is 54.9 Å². The van der Waals surface area contributed by atoms with Gasteiger partial charge in [0.15, 0.2) is 0 Å². The number of carbonyl (C=O) groups is 2. The minimum Gasteiger partial charge on any atom is -0.308 e. The van der Waals surface area contributed by atoms with Crippen LogP contribution in [0.3, 0.4) is 0 Å². The van der Waals surface area contributed by atoms with Crippen molar-refractivity contribution in [2.45, 2.75) is 39.3 Å². The largest absolute Gasteiger partial charge is 0.308 e. The molecule has 1 atom stereocenters. The molecule has 1 aromatic carbocycles. The molecule has 0 saturated heterocycles. The van der Waals surface area contributed by atoms with Crippen LogP contribution in [0.1, 0.15) is 32.5 Å². The predicted octanol–water partition coefficient (Wildman–Crippen LogP) is 2.89. The maximum atomic E-state index is 13.0. The van der Waals surface area contributed by atoms with Crippen molar-refractivity contribution in [2.75, 3.05) is 16.3 Å². The first-order valence-electron chi connectivity index (χ1n) is 10.5. The third-order valence-corrected chi connectivity index (χ3v) is 5.83. The molecule has 1 aliphatic carbocycles. The van der Waals surface area contributed by atoms with Crippen LogP contribution in [0.15, 0.2) is 49.1 Å². The van der Waals surface area contributed by atoms with Crippen LogP contribution < -0.4 is 9.80 Å². The van der Waals surface area contributed by atoms with Gasteiger partial charge in [0, 0.05) is 43.5 Å². The summed E-state index contributed by atoms with van der Waals surface area (Å²) in [6, 6.07) is 7.63. The molecule has 2 aliphatic rings. The Morgan fingerprint density at radius 1 is 1.10 bits per heavy atom. The summed E-state index contributed by atoms with van der Waals surface area (Å²) in [5.41, 5.74) is 3.46. The molecule has 2 aromatic heterocycles. The van der Waals surface area contributed by atoms with Gasteiger partial charge in [-0.15, -0.1) is 0 Å². The molecule has 0 unspecified atom stereocenters. The number of anilines is 2. The number of nitrogens with zero attached hydrogens (tertiary/aromatic N) is 6. The van der Waals surface area contributed by atoms with E-state index in [1.165, 1.54) is 0 Å². The second kappa shape index (κ2) is 7.61. The van der Waals surface area contributed by atoms with Gasteiger partial charge in [0.2, 0.25) is 11.8 Å². The molecule has 8 nitrogen and oxygen atoms in total. The Balaban J connectivity index is 1.50. The Hall–Kier alpha value is -3.55. The van der Waals surface area contributed by atoms with Gasteiger partial charge >= 0.3 is 0 Å². The highest BCUT2D eigenvalue weighted by atomic mass is 16.2. The number of aromatic nitrogens is 4. The maximum Gasteiger partial charge on any atom is 0.230 e. The van der Waals surface area contributed by atoms with Crippen LogP contribution in [0.25, 0.3) is 11.1 Å². The highest BCUT2D eigenvalue weighted by molar-refractivity contribution is 6.06. The average Bonchev–Trinajstić information content (AvgIpc) is 3.52. The molecule has 1 aliphatic heterocycles. The molecule has 2 amide bonds. The van der Waals surface area contributed by atoms with E-state index in [0.717, 1.165) is 35.3 Å². The first-order valence-corrected chi connectivity index (χ1v) is 10.5. The Bertz CT molecular complexity index is 1140. The van der Waals surface area contributed by atoms with Crippen molar-refractivity contribution < 1.29 is 9.59 Å². The van der Waals surface area contributed by atoms with Gasteiger partial charge in [0.05, 0.1) is 23.6 Å². The molecule has 3 heterocycles. The lowest BCUT2D eigenvalue weighted by atomic mass is 10.0. The van der Waals surface area contributed by atoms with Crippen molar-refractivity contribution in [3.8, 4) is 11.1 Å². The highest BCUT2D eigenvalue weighted by Gasteiger charge is 2.39. The van der Waals surface area contributed by atoms with E-state index in [1.807, 2.05) is 36.2 Å². The third-order valence-electron chi connectivity index (χ3n) is 5.83. The number of hydrogen-bond donors (Lipinski definition) is 0. The fourth-order valence-electron chi connectivity index (χ4n) is 4.20. The summed E-state index contributed by atoms with van der Waals surface area (Å²) >= 11 is 0. The van der Waals surface area contributed by atoms with Crippen LogP contribution in [-0.4, -0.2) is 44.1 Å². The molecule has 0 N–H and O–H groups in total. The molecule has 1 fully saturated rings. The standard InChI is InChI=1S/C23H24N6O2/c1-15-12-28(23(31)17-4-5-17)21-10-18(6-7-20(21)29(15)16(2)30)19-11-26-27(13-19)14-22-24-8-3-9-25-22/h3,6-11,13,15,17H,4-5,12,14H2,1-2H3/t15-/m0/s1. The number of fused-ring (bicyclic) bond motifs is 1. The third kappa shape index (κ3) is 3.69. The van der Waals surface area contributed by atoms with Crippen LogP contribution >= 0.6 is 0 Å². The molecule has 0 spiro atoms. The summed E-state index contributed by atoms with van der Waals surface area (Å²) in [6.45, 7) is 4.55. The number of benzene rings is 1. The van der Waals surface area contributed by atoms with E-state index in [1.54, 1.807) is 41.2 Å². The molecule has 5 rings (SSSR count). The molecule has 1 saturated carbocycles. The van der Waals surface area contributed by atoms with Gasteiger partial charge in [-0.3, -0.25) is 14.3 Å². The smallest absolute Gasteiger partial charge is 0.230 e. The summed E-state index contributed by atoms with van der Waals surface area (Å²) in [6.07, 6.45) is 9.06.